The Kier molecular flexibility index (Phi) is 6.86. The van der Waals surface area contributed by atoms with E-state index in [1.54, 1.807) is 36.4 Å². The highest BCUT2D eigenvalue weighted by Gasteiger charge is 2.19. The quantitative estimate of drug-likeness (QED) is 0.746. The molecule has 2 aromatic carbocycles. The molecule has 0 heterocycles. The average molecular weight is 378 g/mol. The van der Waals surface area contributed by atoms with Crippen LogP contribution in [0.25, 0.3) is 0 Å². The molecule has 1 amide bonds. The molecule has 0 saturated carbocycles. The molecule has 0 aliphatic rings. The lowest BCUT2D eigenvalue weighted by Crippen LogP contribution is -2.31. The molecule has 0 bridgehead atoms. The summed E-state index contributed by atoms with van der Waals surface area (Å²) < 4.78 is 15.6. The lowest BCUT2D eigenvalue weighted by Gasteiger charge is -2.15. The molecule has 0 aliphatic carbocycles. The Hall–Kier alpha value is -2.73. The Bertz CT molecular complexity index is 793. The molecule has 0 aromatic heterocycles. The minimum absolute atomic E-state index is 0.352. The van der Waals surface area contributed by atoms with Gasteiger partial charge in [0.1, 0.15) is 11.5 Å². The van der Waals surface area contributed by atoms with Gasteiger partial charge in [-0.05, 0) is 43.7 Å². The van der Waals surface area contributed by atoms with Crippen LogP contribution in [-0.4, -0.2) is 31.7 Å². The number of anilines is 1. The van der Waals surface area contributed by atoms with Gasteiger partial charge in [-0.2, -0.15) is 0 Å². The fourth-order valence-corrected chi connectivity index (χ4v) is 2.30. The van der Waals surface area contributed by atoms with Crippen LogP contribution in [0.2, 0.25) is 5.02 Å². The van der Waals surface area contributed by atoms with Crippen LogP contribution in [0.15, 0.2) is 42.5 Å². The van der Waals surface area contributed by atoms with Gasteiger partial charge in [-0.1, -0.05) is 29.8 Å². The van der Waals surface area contributed by atoms with Gasteiger partial charge in [-0.25, -0.2) is 4.79 Å². The first-order chi connectivity index (χ1) is 12.4. The zero-order valence-electron chi connectivity index (χ0n) is 14.7. The zero-order chi connectivity index (χ0) is 19.1. The summed E-state index contributed by atoms with van der Waals surface area (Å²) in [5.41, 5.74) is 1.44. The summed E-state index contributed by atoms with van der Waals surface area (Å²) in [7, 11) is 1.50. The highest BCUT2D eigenvalue weighted by molar-refractivity contribution is 6.32. The number of methoxy groups -OCH3 is 1. The first-order valence-corrected chi connectivity index (χ1v) is 8.31. The molecule has 138 valence electrons. The number of hydrogen-bond donors (Lipinski definition) is 1. The number of carbonyl (C=O) groups is 2. The maximum absolute atomic E-state index is 12.2. The molecule has 7 heteroatoms. The second-order valence-corrected chi connectivity index (χ2v) is 5.95. The van der Waals surface area contributed by atoms with Gasteiger partial charge in [0.25, 0.3) is 5.91 Å². The van der Waals surface area contributed by atoms with E-state index in [0.29, 0.717) is 22.2 Å². The van der Waals surface area contributed by atoms with Gasteiger partial charge in [0, 0.05) is 0 Å². The second-order valence-electron chi connectivity index (χ2n) is 5.54. The highest BCUT2D eigenvalue weighted by Crippen LogP contribution is 2.25. The second kappa shape index (κ2) is 9.10. The molecule has 0 saturated heterocycles. The summed E-state index contributed by atoms with van der Waals surface area (Å²) in [6.07, 6.45) is -0.996. The van der Waals surface area contributed by atoms with E-state index in [9.17, 15) is 9.59 Å². The van der Waals surface area contributed by atoms with Gasteiger partial charge in [-0.3, -0.25) is 4.79 Å². The standard InChI is InChI=1S/C19H20ClNO5/c1-12-8-9-14(20)17(10-12)25-11-18(22)26-13(2)19(23)21-15-6-4-5-7-16(15)24-3/h4-10,13H,11H2,1-3H3,(H,21,23)/t13-/m0/s1. The maximum Gasteiger partial charge on any atom is 0.344 e. The molecule has 0 unspecified atom stereocenters. The molecule has 1 atom stereocenters. The van der Waals surface area contributed by atoms with Crippen LogP contribution in [0.3, 0.4) is 0 Å². The monoisotopic (exact) mass is 377 g/mol. The van der Waals surface area contributed by atoms with Crippen molar-refractivity contribution in [2.45, 2.75) is 20.0 Å². The van der Waals surface area contributed by atoms with Gasteiger partial charge in [0.05, 0.1) is 17.8 Å². The van der Waals surface area contributed by atoms with Crippen molar-refractivity contribution in [2.24, 2.45) is 0 Å². The molecular weight excluding hydrogens is 358 g/mol. The molecule has 1 N–H and O–H groups in total. The number of amides is 1. The van der Waals surface area contributed by atoms with Crippen molar-refractivity contribution >= 4 is 29.2 Å². The molecule has 0 radical (unpaired) electrons. The van der Waals surface area contributed by atoms with E-state index in [1.807, 2.05) is 13.0 Å². The molecule has 0 aliphatic heterocycles. The average Bonchev–Trinajstić information content (AvgIpc) is 2.62. The third-order valence-electron chi connectivity index (χ3n) is 3.47. The summed E-state index contributed by atoms with van der Waals surface area (Å²) >= 11 is 6.00. The molecule has 0 spiro atoms. The van der Waals surface area contributed by atoms with E-state index < -0.39 is 18.0 Å². The van der Waals surface area contributed by atoms with E-state index in [4.69, 9.17) is 25.8 Å². The molecule has 26 heavy (non-hydrogen) atoms. The van der Waals surface area contributed by atoms with Crippen LogP contribution < -0.4 is 14.8 Å². The van der Waals surface area contributed by atoms with Gasteiger partial charge >= 0.3 is 5.97 Å². The minimum atomic E-state index is -0.996. The van der Waals surface area contributed by atoms with Crippen molar-refractivity contribution in [1.82, 2.24) is 0 Å². The third kappa shape index (κ3) is 5.39. The third-order valence-corrected chi connectivity index (χ3v) is 3.79. The summed E-state index contributed by atoms with van der Waals surface area (Å²) in [4.78, 5) is 24.1. The highest BCUT2D eigenvalue weighted by atomic mass is 35.5. The van der Waals surface area contributed by atoms with Crippen molar-refractivity contribution < 1.29 is 23.8 Å². The predicted octanol–water partition coefficient (Wildman–Crippen LogP) is 3.61. The molecule has 0 fully saturated rings. The van der Waals surface area contributed by atoms with Crippen molar-refractivity contribution in [3.63, 3.8) is 0 Å². The summed E-state index contributed by atoms with van der Waals surface area (Å²) in [6.45, 7) is 3.00. The lowest BCUT2D eigenvalue weighted by molar-refractivity contribution is -0.155. The Morgan fingerprint density at radius 2 is 1.88 bits per heavy atom. The Balaban J connectivity index is 1.88. The van der Waals surface area contributed by atoms with Crippen molar-refractivity contribution in [2.75, 3.05) is 19.0 Å². The largest absolute Gasteiger partial charge is 0.495 e. The number of para-hydroxylation sites is 2. The fourth-order valence-electron chi connectivity index (χ4n) is 2.12. The Labute approximate surface area is 157 Å². The summed E-state index contributed by atoms with van der Waals surface area (Å²) in [5.74, 6) is -0.256. The topological polar surface area (TPSA) is 73.9 Å². The van der Waals surface area contributed by atoms with Gasteiger partial charge in [0.15, 0.2) is 12.7 Å². The van der Waals surface area contributed by atoms with E-state index in [-0.39, 0.29) is 6.61 Å². The van der Waals surface area contributed by atoms with Gasteiger partial charge in [-0.15, -0.1) is 0 Å². The van der Waals surface area contributed by atoms with Gasteiger partial charge in [0.2, 0.25) is 0 Å². The van der Waals surface area contributed by atoms with Crippen LogP contribution in [0.4, 0.5) is 5.69 Å². The van der Waals surface area contributed by atoms with E-state index in [0.717, 1.165) is 5.56 Å². The fraction of sp³-hybridized carbons (Fsp3) is 0.263. The number of hydrogen-bond acceptors (Lipinski definition) is 5. The van der Waals surface area contributed by atoms with Crippen molar-refractivity contribution in [1.29, 1.82) is 0 Å². The Morgan fingerprint density at radius 3 is 2.62 bits per heavy atom. The molecule has 6 nitrogen and oxygen atoms in total. The number of rotatable bonds is 7. The summed E-state index contributed by atoms with van der Waals surface area (Å²) in [5, 5.41) is 3.05. The van der Waals surface area contributed by atoms with E-state index in [1.165, 1.54) is 14.0 Å². The first-order valence-electron chi connectivity index (χ1n) is 7.93. The zero-order valence-corrected chi connectivity index (χ0v) is 15.5. The smallest absolute Gasteiger partial charge is 0.344 e. The van der Waals surface area contributed by atoms with Crippen LogP contribution in [0, 0.1) is 6.92 Å². The van der Waals surface area contributed by atoms with Crippen LogP contribution >= 0.6 is 11.6 Å². The van der Waals surface area contributed by atoms with E-state index >= 15 is 0 Å². The summed E-state index contributed by atoms with van der Waals surface area (Å²) in [6, 6.07) is 12.2. The van der Waals surface area contributed by atoms with Gasteiger partial charge < -0.3 is 19.5 Å². The maximum atomic E-state index is 12.2. The number of ether oxygens (including phenoxy) is 3. The minimum Gasteiger partial charge on any atom is -0.495 e. The predicted molar refractivity (Wildman–Crippen MR) is 98.9 cm³/mol. The Morgan fingerprint density at radius 1 is 1.15 bits per heavy atom. The van der Waals surface area contributed by atoms with Crippen LogP contribution in [-0.2, 0) is 14.3 Å². The van der Waals surface area contributed by atoms with Crippen molar-refractivity contribution in [3.05, 3.63) is 53.1 Å². The van der Waals surface area contributed by atoms with E-state index in [2.05, 4.69) is 5.32 Å². The SMILES string of the molecule is COc1ccccc1NC(=O)[C@H](C)OC(=O)COc1cc(C)ccc1Cl. The van der Waals surface area contributed by atoms with Crippen LogP contribution in [0.1, 0.15) is 12.5 Å². The van der Waals surface area contributed by atoms with Crippen LogP contribution in [0.5, 0.6) is 11.5 Å². The number of benzene rings is 2. The number of carbonyl (C=O) groups excluding carboxylic acids is 2. The number of esters is 1. The molecule has 2 rings (SSSR count). The lowest BCUT2D eigenvalue weighted by atomic mass is 10.2. The number of halogens is 1. The molecular formula is C19H20ClNO5. The normalized spacial score (nSPS) is 11.4. The molecule has 2 aromatic rings. The van der Waals surface area contributed by atoms with Crippen molar-refractivity contribution in [3.8, 4) is 11.5 Å². The first kappa shape index (κ1) is 19.6. The number of aryl methyl sites for hydroxylation is 1. The number of nitrogens with one attached hydrogen (secondary N) is 1.